The molecule has 1 aromatic rings. The standard InChI is InChI=1S/C11H16N2O/c1-11(2,13(3)12-14)9-10-7-5-4-6-8-10/h4-8H,9H2,1-3H3. The topological polar surface area (TPSA) is 32.7 Å². The lowest BCUT2D eigenvalue weighted by molar-refractivity contribution is 0.159. The van der Waals surface area contributed by atoms with Gasteiger partial charge in [0.25, 0.3) is 0 Å². The van der Waals surface area contributed by atoms with E-state index in [1.54, 1.807) is 7.05 Å². The largest absolute Gasteiger partial charge is 0.258 e. The summed E-state index contributed by atoms with van der Waals surface area (Å²) in [4.78, 5) is 10.4. The normalized spacial score (nSPS) is 11.1. The van der Waals surface area contributed by atoms with Crippen molar-refractivity contribution >= 4 is 0 Å². The molecule has 3 heteroatoms. The molecule has 1 aromatic carbocycles. The molecule has 0 spiro atoms. The van der Waals surface area contributed by atoms with Gasteiger partial charge in [0, 0.05) is 7.05 Å². The zero-order valence-electron chi connectivity index (χ0n) is 8.90. The van der Waals surface area contributed by atoms with Gasteiger partial charge >= 0.3 is 0 Å². The monoisotopic (exact) mass is 192 g/mol. The fourth-order valence-corrected chi connectivity index (χ4v) is 1.32. The van der Waals surface area contributed by atoms with Crippen LogP contribution in [0.15, 0.2) is 35.6 Å². The zero-order chi connectivity index (χ0) is 10.6. The Kier molecular flexibility index (Phi) is 3.23. The molecule has 0 N–H and O–H groups in total. The highest BCUT2D eigenvalue weighted by atomic mass is 16.3. The lowest BCUT2D eigenvalue weighted by Crippen LogP contribution is -2.39. The van der Waals surface area contributed by atoms with Crippen molar-refractivity contribution in [2.24, 2.45) is 5.29 Å². The van der Waals surface area contributed by atoms with E-state index in [1.165, 1.54) is 10.6 Å². The maximum absolute atomic E-state index is 10.4. The summed E-state index contributed by atoms with van der Waals surface area (Å²) in [5.74, 6) is 0. The lowest BCUT2D eigenvalue weighted by Gasteiger charge is -2.30. The molecule has 0 aromatic heterocycles. The van der Waals surface area contributed by atoms with Gasteiger partial charge in [0.2, 0.25) is 0 Å². The fourth-order valence-electron chi connectivity index (χ4n) is 1.32. The molecular weight excluding hydrogens is 176 g/mol. The minimum atomic E-state index is -0.233. The molecule has 0 aliphatic heterocycles. The average Bonchev–Trinajstić information content (AvgIpc) is 2.17. The second-order valence-electron chi connectivity index (χ2n) is 4.08. The predicted molar refractivity (Wildman–Crippen MR) is 57.8 cm³/mol. The molecule has 14 heavy (non-hydrogen) atoms. The number of hydrogen-bond donors (Lipinski definition) is 0. The molecule has 0 amide bonds. The van der Waals surface area contributed by atoms with Crippen molar-refractivity contribution in [2.45, 2.75) is 25.8 Å². The minimum Gasteiger partial charge on any atom is -0.258 e. The van der Waals surface area contributed by atoms with Gasteiger partial charge in [-0.15, -0.1) is 4.91 Å². The number of likely N-dealkylation sites (N-methyl/N-ethyl adjacent to an activating group) is 1. The summed E-state index contributed by atoms with van der Waals surface area (Å²) in [5, 5.41) is 4.40. The maximum Gasteiger partial charge on any atom is 0.0592 e. The lowest BCUT2D eigenvalue weighted by atomic mass is 9.95. The Labute approximate surface area is 84.7 Å². The molecule has 0 heterocycles. The molecular formula is C11H16N2O. The summed E-state index contributed by atoms with van der Waals surface area (Å²) in [6, 6.07) is 10.1. The van der Waals surface area contributed by atoms with Crippen molar-refractivity contribution in [3.05, 3.63) is 40.8 Å². The Hall–Kier alpha value is -1.38. The summed E-state index contributed by atoms with van der Waals surface area (Å²) in [6.45, 7) is 4.00. The highest BCUT2D eigenvalue weighted by molar-refractivity contribution is 5.17. The highest BCUT2D eigenvalue weighted by Gasteiger charge is 2.23. The fraction of sp³-hybridized carbons (Fsp3) is 0.455. The Morgan fingerprint density at radius 3 is 2.36 bits per heavy atom. The van der Waals surface area contributed by atoms with Crippen LogP contribution in [0.4, 0.5) is 0 Å². The van der Waals surface area contributed by atoms with Crippen LogP contribution < -0.4 is 0 Å². The van der Waals surface area contributed by atoms with Gasteiger partial charge in [-0.2, -0.15) is 0 Å². The van der Waals surface area contributed by atoms with Crippen LogP contribution in [-0.4, -0.2) is 17.6 Å². The van der Waals surface area contributed by atoms with E-state index in [-0.39, 0.29) is 5.54 Å². The van der Waals surface area contributed by atoms with E-state index in [4.69, 9.17) is 0 Å². The van der Waals surface area contributed by atoms with Crippen LogP contribution in [-0.2, 0) is 6.42 Å². The third kappa shape index (κ3) is 2.55. The Balaban J connectivity index is 2.73. The van der Waals surface area contributed by atoms with E-state index < -0.39 is 0 Å². The van der Waals surface area contributed by atoms with Gasteiger partial charge in [0.15, 0.2) is 0 Å². The van der Waals surface area contributed by atoms with E-state index >= 15 is 0 Å². The smallest absolute Gasteiger partial charge is 0.0592 e. The molecule has 0 radical (unpaired) electrons. The third-order valence-electron chi connectivity index (χ3n) is 2.48. The summed E-state index contributed by atoms with van der Waals surface area (Å²) in [7, 11) is 1.70. The molecule has 0 aliphatic rings. The van der Waals surface area contributed by atoms with Crippen LogP contribution in [0.3, 0.4) is 0 Å². The summed E-state index contributed by atoms with van der Waals surface area (Å²) >= 11 is 0. The van der Waals surface area contributed by atoms with Crippen molar-refractivity contribution in [2.75, 3.05) is 7.05 Å². The molecule has 0 saturated carbocycles. The third-order valence-corrected chi connectivity index (χ3v) is 2.48. The van der Waals surface area contributed by atoms with Crippen molar-refractivity contribution in [1.29, 1.82) is 0 Å². The first-order valence-electron chi connectivity index (χ1n) is 4.67. The first-order valence-corrected chi connectivity index (χ1v) is 4.67. The SMILES string of the molecule is CN(N=O)C(C)(C)Cc1ccccc1. The average molecular weight is 192 g/mol. The van der Waals surface area contributed by atoms with Gasteiger partial charge in [-0.25, -0.2) is 0 Å². The van der Waals surface area contributed by atoms with E-state index in [1.807, 2.05) is 32.0 Å². The van der Waals surface area contributed by atoms with Gasteiger partial charge in [0.05, 0.1) is 10.8 Å². The van der Waals surface area contributed by atoms with Crippen LogP contribution in [0.2, 0.25) is 0 Å². The van der Waals surface area contributed by atoms with E-state index in [0.29, 0.717) is 0 Å². The molecule has 1 rings (SSSR count). The Bertz CT molecular complexity index is 295. The summed E-state index contributed by atoms with van der Waals surface area (Å²) in [6.07, 6.45) is 0.816. The first kappa shape index (κ1) is 10.7. The Morgan fingerprint density at radius 2 is 1.86 bits per heavy atom. The molecule has 0 aliphatic carbocycles. The second-order valence-corrected chi connectivity index (χ2v) is 4.08. The highest BCUT2D eigenvalue weighted by Crippen LogP contribution is 2.18. The molecule has 3 nitrogen and oxygen atoms in total. The van der Waals surface area contributed by atoms with Crippen LogP contribution in [0.25, 0.3) is 0 Å². The van der Waals surface area contributed by atoms with Crippen LogP contribution >= 0.6 is 0 Å². The van der Waals surface area contributed by atoms with Crippen LogP contribution in [0.5, 0.6) is 0 Å². The number of nitroso groups, excluding NO2 is 1. The molecule has 0 fully saturated rings. The molecule has 0 atom stereocenters. The zero-order valence-corrected chi connectivity index (χ0v) is 8.90. The first-order chi connectivity index (χ1) is 6.56. The maximum atomic E-state index is 10.4. The minimum absolute atomic E-state index is 0.233. The molecule has 0 saturated heterocycles. The Morgan fingerprint density at radius 1 is 1.29 bits per heavy atom. The molecule has 0 bridgehead atoms. The van der Waals surface area contributed by atoms with Gasteiger partial charge in [0.1, 0.15) is 0 Å². The number of benzene rings is 1. The van der Waals surface area contributed by atoms with Gasteiger partial charge in [-0.3, -0.25) is 5.01 Å². The number of rotatable bonds is 4. The predicted octanol–water partition coefficient (Wildman–Crippen LogP) is 2.62. The number of nitrogens with zero attached hydrogens (tertiary/aromatic N) is 2. The van der Waals surface area contributed by atoms with Gasteiger partial charge < -0.3 is 0 Å². The summed E-state index contributed by atoms with van der Waals surface area (Å²) in [5.41, 5.74) is 0.983. The van der Waals surface area contributed by atoms with Crippen LogP contribution in [0, 0.1) is 4.91 Å². The van der Waals surface area contributed by atoms with E-state index in [0.717, 1.165) is 6.42 Å². The second kappa shape index (κ2) is 4.22. The van der Waals surface area contributed by atoms with Crippen LogP contribution in [0.1, 0.15) is 19.4 Å². The van der Waals surface area contributed by atoms with Crippen molar-refractivity contribution in [3.8, 4) is 0 Å². The quantitative estimate of drug-likeness (QED) is 0.542. The number of hydrogen-bond acceptors (Lipinski definition) is 2. The molecule has 76 valence electrons. The van der Waals surface area contributed by atoms with Gasteiger partial charge in [-0.1, -0.05) is 30.3 Å². The summed E-state index contributed by atoms with van der Waals surface area (Å²) < 4.78 is 0. The van der Waals surface area contributed by atoms with Crippen molar-refractivity contribution in [3.63, 3.8) is 0 Å². The van der Waals surface area contributed by atoms with E-state index in [9.17, 15) is 4.91 Å². The van der Waals surface area contributed by atoms with E-state index in [2.05, 4.69) is 17.4 Å². The van der Waals surface area contributed by atoms with Crippen molar-refractivity contribution in [1.82, 2.24) is 5.01 Å². The molecule has 0 unspecified atom stereocenters. The van der Waals surface area contributed by atoms with Crippen molar-refractivity contribution < 1.29 is 0 Å². The van der Waals surface area contributed by atoms with Gasteiger partial charge in [-0.05, 0) is 25.8 Å².